The summed E-state index contributed by atoms with van der Waals surface area (Å²) in [4.78, 5) is 4.21. The molecule has 1 heterocycles. The molecular formula is C9H16N4O. The van der Waals surface area contributed by atoms with Crippen LogP contribution in [0.3, 0.4) is 0 Å². The highest BCUT2D eigenvalue weighted by molar-refractivity contribution is 5.83. The van der Waals surface area contributed by atoms with Crippen LogP contribution in [0.5, 0.6) is 0 Å². The average Bonchev–Trinajstić information content (AvgIpc) is 2.62. The van der Waals surface area contributed by atoms with E-state index in [0.717, 1.165) is 5.56 Å². The predicted molar refractivity (Wildman–Crippen MR) is 55.0 cm³/mol. The molecule has 0 atom stereocenters. The van der Waals surface area contributed by atoms with Gasteiger partial charge in [0.05, 0.1) is 6.20 Å². The van der Waals surface area contributed by atoms with Crippen LogP contribution in [0.15, 0.2) is 11.2 Å². The highest BCUT2D eigenvalue weighted by Gasteiger charge is 2.08. The molecule has 78 valence electrons. The van der Waals surface area contributed by atoms with E-state index < -0.39 is 0 Å². The van der Waals surface area contributed by atoms with Gasteiger partial charge in [0.2, 0.25) is 0 Å². The van der Waals surface area contributed by atoms with Gasteiger partial charge in [0, 0.05) is 12.0 Å². The van der Waals surface area contributed by atoms with Gasteiger partial charge >= 0.3 is 0 Å². The molecule has 1 aromatic heterocycles. The van der Waals surface area contributed by atoms with E-state index in [9.17, 15) is 0 Å². The van der Waals surface area contributed by atoms with Crippen molar-refractivity contribution in [1.82, 2.24) is 15.7 Å². The Morgan fingerprint density at radius 1 is 1.71 bits per heavy atom. The van der Waals surface area contributed by atoms with Gasteiger partial charge in [0.1, 0.15) is 5.84 Å². The number of aromatic amines is 1. The lowest BCUT2D eigenvalue weighted by Crippen LogP contribution is -2.17. The maximum atomic E-state index is 8.74. The lowest BCUT2D eigenvalue weighted by atomic mass is 10.1. The summed E-state index contributed by atoms with van der Waals surface area (Å²) in [5.74, 6) is 1.60. The normalized spacial score (nSPS) is 12.2. The monoisotopic (exact) mass is 196 g/mol. The van der Waals surface area contributed by atoms with E-state index in [1.165, 1.54) is 0 Å². The highest BCUT2D eigenvalue weighted by Crippen LogP contribution is 2.23. The van der Waals surface area contributed by atoms with E-state index in [4.69, 9.17) is 5.21 Å². The predicted octanol–water partition coefficient (Wildman–Crippen LogP) is 1.95. The summed E-state index contributed by atoms with van der Waals surface area (Å²) in [5.41, 5.74) is 3.11. The summed E-state index contributed by atoms with van der Waals surface area (Å²) in [6.45, 7) is 6.05. The Labute approximate surface area is 83.2 Å². The van der Waals surface area contributed by atoms with E-state index in [1.807, 2.05) is 6.92 Å². The SMILES string of the molecule is CC/C(=N/c1[nH]ncc1C(C)C)NO. The standard InChI is InChI=1S/C9H16N4O/c1-4-8(13-14)11-9-7(6(2)3)5-10-12-9/h5-6,14H,4H2,1-3H3,(H2,10,11,12,13). The summed E-state index contributed by atoms with van der Waals surface area (Å²) in [6, 6.07) is 0. The first-order valence-electron chi connectivity index (χ1n) is 4.70. The van der Waals surface area contributed by atoms with Crippen LogP contribution in [-0.2, 0) is 0 Å². The zero-order chi connectivity index (χ0) is 10.6. The van der Waals surface area contributed by atoms with Gasteiger partial charge in [0.15, 0.2) is 5.82 Å². The summed E-state index contributed by atoms with van der Waals surface area (Å²) >= 11 is 0. The molecule has 0 amide bonds. The largest absolute Gasteiger partial charge is 0.290 e. The van der Waals surface area contributed by atoms with E-state index in [-0.39, 0.29) is 0 Å². The Hall–Kier alpha value is -1.36. The molecule has 0 radical (unpaired) electrons. The van der Waals surface area contributed by atoms with Crippen LogP contribution in [0.4, 0.5) is 5.82 Å². The Balaban J connectivity index is 2.95. The molecule has 3 N–H and O–H groups in total. The lowest BCUT2D eigenvalue weighted by molar-refractivity contribution is 0.232. The van der Waals surface area contributed by atoms with Crippen molar-refractivity contribution in [2.75, 3.05) is 0 Å². The van der Waals surface area contributed by atoms with Crippen molar-refractivity contribution in [3.63, 3.8) is 0 Å². The molecule has 1 rings (SSSR count). The molecule has 0 aliphatic rings. The molecule has 14 heavy (non-hydrogen) atoms. The number of aromatic nitrogens is 2. The number of nitrogens with one attached hydrogen (secondary N) is 2. The van der Waals surface area contributed by atoms with Crippen molar-refractivity contribution in [2.45, 2.75) is 33.1 Å². The van der Waals surface area contributed by atoms with Crippen molar-refractivity contribution < 1.29 is 5.21 Å². The molecule has 0 aliphatic carbocycles. The van der Waals surface area contributed by atoms with Gasteiger partial charge in [-0.25, -0.2) is 4.99 Å². The van der Waals surface area contributed by atoms with Crippen LogP contribution in [-0.4, -0.2) is 21.2 Å². The van der Waals surface area contributed by atoms with Crippen LogP contribution in [0.25, 0.3) is 0 Å². The Bertz CT molecular complexity index is 310. The van der Waals surface area contributed by atoms with Gasteiger partial charge in [-0.2, -0.15) is 5.10 Å². The van der Waals surface area contributed by atoms with Gasteiger partial charge in [-0.15, -0.1) is 0 Å². The first kappa shape index (κ1) is 10.7. The van der Waals surface area contributed by atoms with Crippen molar-refractivity contribution in [3.05, 3.63) is 11.8 Å². The molecule has 0 aromatic carbocycles. The van der Waals surface area contributed by atoms with Crippen molar-refractivity contribution >= 4 is 11.7 Å². The molecule has 0 spiro atoms. The number of rotatable bonds is 3. The molecule has 0 fully saturated rings. The van der Waals surface area contributed by atoms with Gasteiger partial charge in [0.25, 0.3) is 0 Å². The Morgan fingerprint density at radius 2 is 2.43 bits per heavy atom. The molecule has 5 nitrogen and oxygen atoms in total. The number of amidine groups is 1. The number of nitrogens with zero attached hydrogens (tertiary/aromatic N) is 2. The molecular weight excluding hydrogens is 180 g/mol. The molecule has 0 bridgehead atoms. The number of hydrogen-bond donors (Lipinski definition) is 3. The van der Waals surface area contributed by atoms with Crippen LogP contribution in [0.1, 0.15) is 38.7 Å². The van der Waals surface area contributed by atoms with E-state index in [2.05, 4.69) is 34.5 Å². The zero-order valence-electron chi connectivity index (χ0n) is 8.70. The molecule has 5 heteroatoms. The molecule has 1 aromatic rings. The average molecular weight is 196 g/mol. The van der Waals surface area contributed by atoms with E-state index >= 15 is 0 Å². The fourth-order valence-electron chi connectivity index (χ4n) is 1.12. The first-order chi connectivity index (χ1) is 6.69. The van der Waals surface area contributed by atoms with Crippen LogP contribution >= 0.6 is 0 Å². The maximum Gasteiger partial charge on any atom is 0.153 e. The maximum absolute atomic E-state index is 8.74. The molecule has 0 aliphatic heterocycles. The van der Waals surface area contributed by atoms with Crippen molar-refractivity contribution in [1.29, 1.82) is 0 Å². The quantitative estimate of drug-likeness (QED) is 0.393. The minimum absolute atomic E-state index is 0.365. The summed E-state index contributed by atoms with van der Waals surface area (Å²) in [7, 11) is 0. The summed E-state index contributed by atoms with van der Waals surface area (Å²) in [5, 5.41) is 15.5. The van der Waals surface area contributed by atoms with Crippen molar-refractivity contribution in [2.24, 2.45) is 4.99 Å². The molecule has 0 saturated heterocycles. The third kappa shape index (κ3) is 2.32. The second-order valence-electron chi connectivity index (χ2n) is 3.35. The Kier molecular flexibility index (Phi) is 3.64. The van der Waals surface area contributed by atoms with Gasteiger partial charge < -0.3 is 0 Å². The topological polar surface area (TPSA) is 73.3 Å². The van der Waals surface area contributed by atoms with Gasteiger partial charge in [-0.3, -0.25) is 15.8 Å². The third-order valence-corrected chi connectivity index (χ3v) is 1.98. The van der Waals surface area contributed by atoms with E-state index in [1.54, 1.807) is 6.20 Å². The van der Waals surface area contributed by atoms with Crippen molar-refractivity contribution in [3.8, 4) is 0 Å². The number of hydrogen-bond acceptors (Lipinski definition) is 3. The number of hydroxylamine groups is 1. The summed E-state index contributed by atoms with van der Waals surface area (Å²) < 4.78 is 0. The number of aliphatic imine (C=N–C) groups is 1. The van der Waals surface area contributed by atoms with Crippen LogP contribution < -0.4 is 5.48 Å². The minimum Gasteiger partial charge on any atom is -0.290 e. The summed E-state index contributed by atoms with van der Waals surface area (Å²) in [6.07, 6.45) is 2.40. The van der Waals surface area contributed by atoms with Gasteiger partial charge in [-0.1, -0.05) is 20.8 Å². The van der Waals surface area contributed by atoms with Crippen LogP contribution in [0, 0.1) is 0 Å². The fraction of sp³-hybridized carbons (Fsp3) is 0.556. The zero-order valence-corrected chi connectivity index (χ0v) is 8.70. The van der Waals surface area contributed by atoms with Gasteiger partial charge in [-0.05, 0) is 5.92 Å². The second kappa shape index (κ2) is 4.76. The van der Waals surface area contributed by atoms with Crippen LogP contribution in [0.2, 0.25) is 0 Å². The second-order valence-corrected chi connectivity index (χ2v) is 3.35. The Morgan fingerprint density at radius 3 is 2.93 bits per heavy atom. The molecule has 0 unspecified atom stereocenters. The van der Waals surface area contributed by atoms with E-state index in [0.29, 0.717) is 24.0 Å². The lowest BCUT2D eigenvalue weighted by Gasteiger charge is -2.03. The first-order valence-corrected chi connectivity index (χ1v) is 4.70. The number of H-pyrrole nitrogens is 1. The third-order valence-electron chi connectivity index (χ3n) is 1.98. The highest BCUT2D eigenvalue weighted by atomic mass is 16.5. The smallest absolute Gasteiger partial charge is 0.153 e. The minimum atomic E-state index is 0.365. The fourth-order valence-corrected chi connectivity index (χ4v) is 1.12. The molecule has 0 saturated carbocycles.